The second-order valence-electron chi connectivity index (χ2n) is 4.66. The number of nitrogens with zero attached hydrogens (tertiary/aromatic N) is 3. The largest absolute Gasteiger partial charge is 0.481 e. The molecule has 2 rings (SSSR count). The molecular weight excluding hydrogens is 262 g/mol. The molecule has 1 aromatic carbocycles. The number of hydrogen-bond acceptors (Lipinski definition) is 5. The van der Waals surface area contributed by atoms with Gasteiger partial charge in [-0.2, -0.15) is 5.26 Å². The molecule has 0 radical (unpaired) electrons. The smallest absolute Gasteiger partial charge is 0.305 e. The number of nitro groups is 1. The highest BCUT2D eigenvalue weighted by Crippen LogP contribution is 2.35. The van der Waals surface area contributed by atoms with Crippen LogP contribution in [-0.2, 0) is 4.79 Å². The van der Waals surface area contributed by atoms with Crippen molar-refractivity contribution < 1.29 is 14.8 Å². The fourth-order valence-corrected chi connectivity index (χ4v) is 2.54. The molecule has 1 aromatic rings. The average molecular weight is 275 g/mol. The zero-order chi connectivity index (χ0) is 14.7. The molecule has 104 valence electrons. The molecule has 1 saturated heterocycles. The standard InChI is InChI=1S/C13H13N3O4/c14-8-9-3-4-11(16(19)20)12(6-9)15-5-1-2-10(15)7-13(17)18/h3-4,6,10H,1-2,5,7H2,(H,17,18). The van der Waals surface area contributed by atoms with Crippen LogP contribution in [0.25, 0.3) is 0 Å². The first kappa shape index (κ1) is 13.8. The third-order valence-electron chi connectivity index (χ3n) is 3.40. The SMILES string of the molecule is N#Cc1ccc([N+](=O)[O-])c(N2CCCC2CC(=O)O)c1. The van der Waals surface area contributed by atoms with E-state index in [1.54, 1.807) is 4.90 Å². The first-order valence-corrected chi connectivity index (χ1v) is 6.20. The van der Waals surface area contributed by atoms with Crippen molar-refractivity contribution in [3.63, 3.8) is 0 Å². The highest BCUT2D eigenvalue weighted by molar-refractivity contribution is 5.71. The molecule has 0 bridgehead atoms. The molecule has 1 fully saturated rings. The predicted octanol–water partition coefficient (Wildman–Crippen LogP) is 1.91. The maximum absolute atomic E-state index is 11.1. The number of carbonyl (C=O) groups is 1. The topological polar surface area (TPSA) is 107 Å². The van der Waals surface area contributed by atoms with Crippen molar-refractivity contribution in [1.29, 1.82) is 5.26 Å². The first-order chi connectivity index (χ1) is 9.52. The molecule has 1 atom stereocenters. The van der Waals surface area contributed by atoms with E-state index in [-0.39, 0.29) is 18.2 Å². The van der Waals surface area contributed by atoms with E-state index >= 15 is 0 Å². The van der Waals surface area contributed by atoms with Crippen molar-refractivity contribution in [2.75, 3.05) is 11.4 Å². The molecule has 20 heavy (non-hydrogen) atoms. The molecule has 0 saturated carbocycles. The van der Waals surface area contributed by atoms with Gasteiger partial charge in [-0.15, -0.1) is 0 Å². The van der Waals surface area contributed by atoms with Crippen LogP contribution in [0.2, 0.25) is 0 Å². The molecule has 1 aliphatic rings. The van der Waals surface area contributed by atoms with E-state index in [1.165, 1.54) is 18.2 Å². The minimum absolute atomic E-state index is 0.0616. The number of anilines is 1. The summed E-state index contributed by atoms with van der Waals surface area (Å²) in [6.45, 7) is 0.563. The summed E-state index contributed by atoms with van der Waals surface area (Å²) in [7, 11) is 0. The van der Waals surface area contributed by atoms with Crippen molar-refractivity contribution in [3.8, 4) is 6.07 Å². The van der Waals surface area contributed by atoms with E-state index in [4.69, 9.17) is 10.4 Å². The highest BCUT2D eigenvalue weighted by atomic mass is 16.6. The number of benzene rings is 1. The number of hydrogen-bond donors (Lipinski definition) is 1. The van der Waals surface area contributed by atoms with Gasteiger partial charge in [0.05, 0.1) is 23.0 Å². The van der Waals surface area contributed by atoms with Gasteiger partial charge in [0.25, 0.3) is 5.69 Å². The lowest BCUT2D eigenvalue weighted by Crippen LogP contribution is -2.31. The number of nitro benzene ring substituents is 1. The zero-order valence-electron chi connectivity index (χ0n) is 10.7. The van der Waals surface area contributed by atoms with Crippen molar-refractivity contribution >= 4 is 17.3 Å². The fraction of sp³-hybridized carbons (Fsp3) is 0.385. The third-order valence-corrected chi connectivity index (χ3v) is 3.40. The van der Waals surface area contributed by atoms with Gasteiger partial charge in [-0.25, -0.2) is 0 Å². The van der Waals surface area contributed by atoms with Crippen LogP contribution in [0.15, 0.2) is 18.2 Å². The molecule has 1 aliphatic heterocycles. The van der Waals surface area contributed by atoms with Gasteiger partial charge >= 0.3 is 5.97 Å². The lowest BCUT2D eigenvalue weighted by atomic mass is 10.1. The minimum atomic E-state index is -0.930. The van der Waals surface area contributed by atoms with Gasteiger partial charge in [0.15, 0.2) is 0 Å². The van der Waals surface area contributed by atoms with Crippen LogP contribution in [0.1, 0.15) is 24.8 Å². The second kappa shape index (κ2) is 5.57. The number of carboxylic acids is 1. The molecule has 0 aromatic heterocycles. The Morgan fingerprint density at radius 3 is 2.95 bits per heavy atom. The zero-order valence-corrected chi connectivity index (χ0v) is 10.7. The number of rotatable bonds is 4. The summed E-state index contributed by atoms with van der Waals surface area (Å²) < 4.78 is 0. The maximum Gasteiger partial charge on any atom is 0.305 e. The quantitative estimate of drug-likeness (QED) is 0.664. The van der Waals surface area contributed by atoms with Crippen LogP contribution in [0.3, 0.4) is 0 Å². The molecule has 7 nitrogen and oxygen atoms in total. The molecular formula is C13H13N3O4. The Labute approximate surface area is 115 Å². The molecule has 1 heterocycles. The van der Waals surface area contributed by atoms with Gasteiger partial charge in [-0.3, -0.25) is 14.9 Å². The molecule has 0 amide bonds. The Kier molecular flexibility index (Phi) is 3.84. The van der Waals surface area contributed by atoms with Crippen LogP contribution >= 0.6 is 0 Å². The lowest BCUT2D eigenvalue weighted by Gasteiger charge is -2.25. The van der Waals surface area contributed by atoms with Crippen molar-refractivity contribution in [2.24, 2.45) is 0 Å². The number of carboxylic acid groups (broad SMARTS) is 1. The Morgan fingerprint density at radius 2 is 2.35 bits per heavy atom. The minimum Gasteiger partial charge on any atom is -0.481 e. The Hall–Kier alpha value is -2.62. The summed E-state index contributed by atoms with van der Waals surface area (Å²) in [6.07, 6.45) is 1.40. The summed E-state index contributed by atoms with van der Waals surface area (Å²) in [6, 6.07) is 5.83. The van der Waals surface area contributed by atoms with E-state index in [9.17, 15) is 14.9 Å². The van der Waals surface area contributed by atoms with Crippen LogP contribution in [0.5, 0.6) is 0 Å². The Balaban J connectivity index is 2.41. The van der Waals surface area contributed by atoms with Crippen molar-refractivity contribution in [1.82, 2.24) is 0 Å². The Morgan fingerprint density at radius 1 is 1.60 bits per heavy atom. The fourth-order valence-electron chi connectivity index (χ4n) is 2.54. The van der Waals surface area contributed by atoms with E-state index in [1.807, 2.05) is 6.07 Å². The van der Waals surface area contributed by atoms with Gasteiger partial charge in [0, 0.05) is 18.7 Å². The van der Waals surface area contributed by atoms with Crippen LogP contribution < -0.4 is 4.90 Å². The monoisotopic (exact) mass is 275 g/mol. The number of aliphatic carboxylic acids is 1. The third kappa shape index (κ3) is 2.69. The average Bonchev–Trinajstić information content (AvgIpc) is 2.85. The van der Waals surface area contributed by atoms with E-state index in [0.29, 0.717) is 24.2 Å². The lowest BCUT2D eigenvalue weighted by molar-refractivity contribution is -0.384. The first-order valence-electron chi connectivity index (χ1n) is 6.20. The van der Waals surface area contributed by atoms with Gasteiger partial charge in [0.2, 0.25) is 0 Å². The van der Waals surface area contributed by atoms with Crippen molar-refractivity contribution in [2.45, 2.75) is 25.3 Å². The van der Waals surface area contributed by atoms with Crippen molar-refractivity contribution in [3.05, 3.63) is 33.9 Å². The molecule has 0 aliphatic carbocycles. The summed E-state index contributed by atoms with van der Waals surface area (Å²) in [5.41, 5.74) is 0.561. The van der Waals surface area contributed by atoms with Gasteiger partial charge < -0.3 is 10.0 Å². The Bertz CT molecular complexity index is 594. The van der Waals surface area contributed by atoms with Crippen LogP contribution in [-0.4, -0.2) is 28.6 Å². The summed E-state index contributed by atoms with van der Waals surface area (Å²) in [5, 5.41) is 28.9. The van der Waals surface area contributed by atoms with Crippen LogP contribution in [0, 0.1) is 21.4 Å². The number of nitriles is 1. The normalized spacial score (nSPS) is 17.8. The summed E-state index contributed by atoms with van der Waals surface area (Å²) in [4.78, 5) is 23.2. The van der Waals surface area contributed by atoms with Crippen LogP contribution in [0.4, 0.5) is 11.4 Å². The van der Waals surface area contributed by atoms with E-state index < -0.39 is 10.9 Å². The highest BCUT2D eigenvalue weighted by Gasteiger charge is 2.31. The van der Waals surface area contributed by atoms with Gasteiger partial charge in [-0.05, 0) is 25.0 Å². The second-order valence-corrected chi connectivity index (χ2v) is 4.66. The van der Waals surface area contributed by atoms with Gasteiger partial charge in [0.1, 0.15) is 5.69 Å². The van der Waals surface area contributed by atoms with E-state index in [2.05, 4.69) is 0 Å². The molecule has 1 unspecified atom stereocenters. The molecule has 0 spiro atoms. The molecule has 7 heteroatoms. The maximum atomic E-state index is 11.1. The summed E-state index contributed by atoms with van der Waals surface area (Å²) in [5.74, 6) is -0.930. The van der Waals surface area contributed by atoms with Gasteiger partial charge in [-0.1, -0.05) is 0 Å². The van der Waals surface area contributed by atoms with E-state index in [0.717, 1.165) is 6.42 Å². The molecule has 1 N–H and O–H groups in total. The predicted molar refractivity (Wildman–Crippen MR) is 70.4 cm³/mol. The summed E-state index contributed by atoms with van der Waals surface area (Å²) >= 11 is 0.